The summed E-state index contributed by atoms with van der Waals surface area (Å²) in [7, 11) is -0.781. The van der Waals surface area contributed by atoms with E-state index >= 15 is 0 Å². The van der Waals surface area contributed by atoms with Crippen molar-refractivity contribution in [3.05, 3.63) is 24.4 Å². The number of rotatable bonds is 10. The van der Waals surface area contributed by atoms with Crippen molar-refractivity contribution in [2.45, 2.75) is 51.8 Å². The molecule has 0 saturated carbocycles. The highest BCUT2D eigenvalue weighted by molar-refractivity contribution is 7.51. The van der Waals surface area contributed by atoms with E-state index in [9.17, 15) is 18.9 Å². The van der Waals surface area contributed by atoms with Crippen LogP contribution in [0.5, 0.6) is 0 Å². The summed E-state index contributed by atoms with van der Waals surface area (Å²) < 4.78 is 33.9. The predicted octanol–water partition coefficient (Wildman–Crippen LogP) is 1.51. The first kappa shape index (κ1) is 27.0. The van der Waals surface area contributed by atoms with E-state index in [2.05, 4.69) is 15.1 Å². The van der Waals surface area contributed by atoms with Gasteiger partial charge >= 0.3 is 19.7 Å². The molecule has 186 valence electrons. The van der Waals surface area contributed by atoms with Crippen LogP contribution in [0.4, 0.5) is 0 Å². The van der Waals surface area contributed by atoms with Gasteiger partial charge in [0.1, 0.15) is 6.04 Å². The van der Waals surface area contributed by atoms with Gasteiger partial charge in [0.15, 0.2) is 6.10 Å². The van der Waals surface area contributed by atoms with Gasteiger partial charge in [0.05, 0.1) is 26.7 Å². The minimum Gasteiger partial charge on any atom is -0.469 e. The van der Waals surface area contributed by atoms with Crippen molar-refractivity contribution >= 4 is 25.6 Å². The molecule has 1 fully saturated rings. The lowest BCUT2D eigenvalue weighted by Gasteiger charge is -2.40. The fourth-order valence-electron chi connectivity index (χ4n) is 3.21. The highest BCUT2D eigenvalue weighted by atomic mass is 31.2. The molecule has 0 bridgehead atoms. The molecule has 2 aliphatic heterocycles. The van der Waals surface area contributed by atoms with Crippen LogP contribution in [0.15, 0.2) is 24.4 Å². The number of nitrogens with one attached hydrogen (secondary N) is 2. The summed E-state index contributed by atoms with van der Waals surface area (Å²) in [5.41, 5.74) is -0.789. The van der Waals surface area contributed by atoms with E-state index in [1.807, 2.05) is 36.4 Å². The zero-order chi connectivity index (χ0) is 24.6. The van der Waals surface area contributed by atoms with Crippen molar-refractivity contribution < 1.29 is 37.5 Å². The summed E-state index contributed by atoms with van der Waals surface area (Å²) in [6, 6.07) is -0.866. The van der Waals surface area contributed by atoms with Crippen molar-refractivity contribution in [1.29, 1.82) is 0 Å². The van der Waals surface area contributed by atoms with Crippen molar-refractivity contribution in [3.63, 3.8) is 0 Å². The number of likely N-dealkylation sites (N-methyl/N-ethyl adjacent to an activating group) is 1. The van der Waals surface area contributed by atoms with Crippen LogP contribution in [0.2, 0.25) is 0 Å². The lowest BCUT2D eigenvalue weighted by molar-refractivity contribution is -0.146. The Labute approximate surface area is 194 Å². The van der Waals surface area contributed by atoms with Crippen molar-refractivity contribution in [3.8, 4) is 0 Å². The molecule has 1 saturated heterocycles. The Kier molecular flexibility index (Phi) is 9.66. The average Bonchev–Trinajstić information content (AvgIpc) is 2.76. The van der Waals surface area contributed by atoms with E-state index in [-0.39, 0.29) is 32.2 Å². The Morgan fingerprint density at radius 3 is 2.70 bits per heavy atom. The molecular formula is C21H34N3O8P. The van der Waals surface area contributed by atoms with E-state index < -0.39 is 43.2 Å². The number of esters is 2. The average molecular weight is 487 g/mol. The Bertz CT molecular complexity index is 828. The molecule has 2 rings (SSSR count). The summed E-state index contributed by atoms with van der Waals surface area (Å²) >= 11 is 0. The fourth-order valence-corrected chi connectivity index (χ4v) is 5.15. The van der Waals surface area contributed by atoms with Crippen LogP contribution in [0.25, 0.3) is 0 Å². The molecule has 0 aromatic rings. The molecule has 1 unspecified atom stereocenters. The molecule has 11 nitrogen and oxygen atoms in total. The first-order valence-corrected chi connectivity index (χ1v) is 12.3. The van der Waals surface area contributed by atoms with Crippen LogP contribution < -0.4 is 10.4 Å². The second-order valence-electron chi connectivity index (χ2n) is 8.63. The van der Waals surface area contributed by atoms with Crippen LogP contribution >= 0.6 is 7.75 Å². The monoisotopic (exact) mass is 487 g/mol. The number of hydrogen-bond acceptors (Lipinski definition) is 9. The van der Waals surface area contributed by atoms with Crippen LogP contribution in [-0.2, 0) is 37.5 Å². The summed E-state index contributed by atoms with van der Waals surface area (Å²) in [6.45, 7) is 5.12. The maximum Gasteiger partial charge on any atom is 0.407 e. The van der Waals surface area contributed by atoms with E-state index in [0.717, 1.165) is 0 Å². The molecule has 2 heterocycles. The van der Waals surface area contributed by atoms with Gasteiger partial charge in [-0.15, -0.1) is 0 Å². The molecule has 0 aromatic carbocycles. The maximum atomic E-state index is 13.1. The third-order valence-corrected chi connectivity index (χ3v) is 6.97. The van der Waals surface area contributed by atoms with Gasteiger partial charge in [0, 0.05) is 31.5 Å². The quantitative estimate of drug-likeness (QED) is 0.345. The summed E-state index contributed by atoms with van der Waals surface area (Å²) in [4.78, 5) is 38.2. The minimum absolute atomic E-state index is 0.00655. The van der Waals surface area contributed by atoms with Crippen molar-refractivity contribution in [2.24, 2.45) is 5.41 Å². The molecule has 0 radical (unpaired) electrons. The number of ether oxygens (including phenoxy) is 2. The second kappa shape index (κ2) is 11.8. The number of nitrogens with zero attached hydrogens (tertiary/aromatic N) is 1. The summed E-state index contributed by atoms with van der Waals surface area (Å²) in [5, 5.41) is 5.12. The SMILES string of the molecule is COC(=O)CCNC(=O)[C@@H]1O[P@@](=O)(N[C@@H](C)C(=O)OCCC2C=CC=CN2C)OCC1(C)C. The number of hydrogen-bond donors (Lipinski definition) is 2. The third-order valence-electron chi connectivity index (χ3n) is 5.31. The standard InChI is InChI=1S/C21H34N3O8P/c1-15(20(27)30-13-10-16-8-6-7-12-24(16)4)23-33(28)31-14-21(2,3)18(32-33)19(26)22-11-9-17(25)29-5/h6-8,12,15-16,18H,9-11,13-14H2,1-5H3,(H,22,26)(H,23,28)/t15-,16?,18-,33+/m0/s1. The predicted molar refractivity (Wildman–Crippen MR) is 120 cm³/mol. The molecule has 12 heteroatoms. The lowest BCUT2D eigenvalue weighted by atomic mass is 9.87. The van der Waals surface area contributed by atoms with Gasteiger partial charge in [-0.05, 0) is 19.2 Å². The van der Waals surface area contributed by atoms with E-state index in [4.69, 9.17) is 13.8 Å². The van der Waals surface area contributed by atoms with Gasteiger partial charge in [-0.2, -0.15) is 0 Å². The zero-order valence-corrected chi connectivity index (χ0v) is 20.6. The number of allylic oxidation sites excluding steroid dienone is 2. The first-order valence-electron chi connectivity index (χ1n) is 10.8. The molecule has 0 aromatic heterocycles. The molecular weight excluding hydrogens is 453 g/mol. The Morgan fingerprint density at radius 2 is 2.03 bits per heavy atom. The van der Waals surface area contributed by atoms with Gasteiger partial charge in [0.2, 0.25) is 5.91 Å². The first-order chi connectivity index (χ1) is 15.5. The lowest BCUT2D eigenvalue weighted by Crippen LogP contribution is -2.51. The molecule has 0 aliphatic carbocycles. The zero-order valence-electron chi connectivity index (χ0n) is 19.7. The summed E-state index contributed by atoms with van der Waals surface area (Å²) in [6.07, 6.45) is 7.27. The van der Waals surface area contributed by atoms with Crippen LogP contribution in [0.1, 0.15) is 33.6 Å². The number of carbonyl (C=O) groups excluding carboxylic acids is 3. The van der Waals surface area contributed by atoms with E-state index in [0.29, 0.717) is 6.42 Å². The van der Waals surface area contributed by atoms with Crippen molar-refractivity contribution in [1.82, 2.24) is 15.3 Å². The molecule has 2 N–H and O–H groups in total. The van der Waals surface area contributed by atoms with Crippen LogP contribution in [0.3, 0.4) is 0 Å². The van der Waals surface area contributed by atoms with Crippen LogP contribution in [-0.4, -0.2) is 74.8 Å². The highest BCUT2D eigenvalue weighted by Crippen LogP contribution is 2.53. The third kappa shape index (κ3) is 7.96. The minimum atomic E-state index is -3.97. The summed E-state index contributed by atoms with van der Waals surface area (Å²) in [5.74, 6) is -1.62. The Balaban J connectivity index is 1.87. The highest BCUT2D eigenvalue weighted by Gasteiger charge is 2.49. The van der Waals surface area contributed by atoms with E-state index in [1.54, 1.807) is 13.8 Å². The molecule has 0 spiro atoms. The fraction of sp³-hybridized carbons (Fsp3) is 0.667. The molecule has 1 amide bonds. The van der Waals surface area contributed by atoms with Gasteiger partial charge in [0.25, 0.3) is 0 Å². The van der Waals surface area contributed by atoms with E-state index in [1.165, 1.54) is 14.0 Å². The van der Waals surface area contributed by atoms with Crippen molar-refractivity contribution in [2.75, 3.05) is 33.9 Å². The Hall–Kier alpha value is -2.20. The Morgan fingerprint density at radius 1 is 1.30 bits per heavy atom. The second-order valence-corrected chi connectivity index (χ2v) is 10.4. The van der Waals surface area contributed by atoms with Gasteiger partial charge in [-0.25, -0.2) is 9.65 Å². The normalized spacial score (nSPS) is 27.0. The smallest absolute Gasteiger partial charge is 0.407 e. The van der Waals surface area contributed by atoms with Gasteiger partial charge in [-0.3, -0.25) is 23.4 Å². The van der Waals surface area contributed by atoms with Gasteiger partial charge < -0.3 is 19.7 Å². The number of methoxy groups -OCH3 is 1. The largest absolute Gasteiger partial charge is 0.469 e. The topological polar surface area (TPSA) is 132 Å². The number of amides is 1. The van der Waals surface area contributed by atoms with Gasteiger partial charge in [-0.1, -0.05) is 26.0 Å². The van der Waals surface area contributed by atoms with Crippen LogP contribution in [0, 0.1) is 5.41 Å². The molecule has 2 aliphatic rings. The molecule has 4 atom stereocenters. The maximum absolute atomic E-state index is 13.1. The molecule has 33 heavy (non-hydrogen) atoms. The number of carbonyl (C=O) groups is 3.